The van der Waals surface area contributed by atoms with Crippen LogP contribution >= 0.6 is 0 Å². The first-order chi connectivity index (χ1) is 8.52. The van der Waals surface area contributed by atoms with E-state index in [1.54, 1.807) is 0 Å². The van der Waals surface area contributed by atoms with Crippen molar-refractivity contribution >= 4 is 0 Å². The minimum absolute atomic E-state index is 0.555. The van der Waals surface area contributed by atoms with Gasteiger partial charge in [-0.25, -0.2) is 0 Å². The summed E-state index contributed by atoms with van der Waals surface area (Å²) in [7, 11) is 2.20. The van der Waals surface area contributed by atoms with Gasteiger partial charge in [-0.15, -0.1) is 0 Å². The second kappa shape index (κ2) is 7.55. The molecule has 1 N–H and O–H groups in total. The van der Waals surface area contributed by atoms with Crippen molar-refractivity contribution in [3.63, 3.8) is 0 Å². The summed E-state index contributed by atoms with van der Waals surface area (Å²) in [5.41, 5.74) is 2.74. The molecule has 0 heterocycles. The third kappa shape index (κ3) is 5.19. The summed E-state index contributed by atoms with van der Waals surface area (Å²) >= 11 is 0. The van der Waals surface area contributed by atoms with E-state index in [0.717, 1.165) is 13.1 Å². The predicted octanol–water partition coefficient (Wildman–Crippen LogP) is 3.20. The molecule has 0 aromatic heterocycles. The fourth-order valence-electron chi connectivity index (χ4n) is 1.93. The Kier molecular flexibility index (Phi) is 6.37. The fraction of sp³-hybridized carbons (Fsp3) is 0.625. The second-order valence-corrected chi connectivity index (χ2v) is 5.47. The molecule has 0 aliphatic heterocycles. The molecule has 2 heteroatoms. The molecule has 18 heavy (non-hydrogen) atoms. The fourth-order valence-corrected chi connectivity index (χ4v) is 1.93. The first-order valence-electron chi connectivity index (χ1n) is 7.02. The summed E-state index contributed by atoms with van der Waals surface area (Å²) in [4.78, 5) is 2.41. The van der Waals surface area contributed by atoms with Crippen molar-refractivity contribution in [3.8, 4) is 0 Å². The zero-order chi connectivity index (χ0) is 13.5. The van der Waals surface area contributed by atoms with Gasteiger partial charge in [-0.1, -0.05) is 36.8 Å². The van der Waals surface area contributed by atoms with Gasteiger partial charge >= 0.3 is 0 Å². The van der Waals surface area contributed by atoms with Crippen LogP contribution in [0.25, 0.3) is 0 Å². The van der Waals surface area contributed by atoms with Crippen LogP contribution in [0.2, 0.25) is 0 Å². The number of likely N-dealkylation sites (N-methyl/N-ethyl adjacent to an activating group) is 1. The lowest BCUT2D eigenvalue weighted by Gasteiger charge is -2.26. The number of rotatable bonds is 7. The van der Waals surface area contributed by atoms with E-state index in [2.05, 4.69) is 69.2 Å². The minimum atomic E-state index is 0.555. The maximum absolute atomic E-state index is 3.57. The van der Waals surface area contributed by atoms with Gasteiger partial charge in [-0.05, 0) is 39.8 Å². The Hall–Kier alpha value is -0.860. The average Bonchev–Trinajstić information content (AvgIpc) is 2.35. The van der Waals surface area contributed by atoms with Crippen LogP contribution < -0.4 is 5.32 Å². The van der Waals surface area contributed by atoms with E-state index in [0.29, 0.717) is 12.1 Å². The Morgan fingerprint density at radius 1 is 1.28 bits per heavy atom. The number of nitrogens with zero attached hydrogens (tertiary/aromatic N) is 1. The Morgan fingerprint density at radius 2 is 2.00 bits per heavy atom. The summed E-state index contributed by atoms with van der Waals surface area (Å²) in [6.45, 7) is 11.0. The topological polar surface area (TPSA) is 15.3 Å². The van der Waals surface area contributed by atoms with Crippen LogP contribution in [0.4, 0.5) is 0 Å². The maximum Gasteiger partial charge on any atom is 0.0234 e. The minimum Gasteiger partial charge on any atom is -0.313 e. The maximum atomic E-state index is 3.57. The number of hydrogen-bond donors (Lipinski definition) is 1. The third-order valence-electron chi connectivity index (χ3n) is 3.64. The number of aryl methyl sites for hydroxylation is 1. The highest BCUT2D eigenvalue weighted by atomic mass is 15.1. The van der Waals surface area contributed by atoms with Crippen molar-refractivity contribution in [1.82, 2.24) is 10.2 Å². The zero-order valence-corrected chi connectivity index (χ0v) is 12.5. The van der Waals surface area contributed by atoms with Gasteiger partial charge in [0.05, 0.1) is 0 Å². The van der Waals surface area contributed by atoms with E-state index in [4.69, 9.17) is 0 Å². The summed E-state index contributed by atoms with van der Waals surface area (Å²) in [5, 5.41) is 3.57. The largest absolute Gasteiger partial charge is 0.313 e. The monoisotopic (exact) mass is 248 g/mol. The molecule has 0 bridgehead atoms. The second-order valence-electron chi connectivity index (χ2n) is 5.47. The molecule has 1 aromatic rings. The lowest BCUT2D eigenvalue weighted by molar-refractivity contribution is 0.237. The molecule has 0 fully saturated rings. The molecule has 102 valence electrons. The van der Waals surface area contributed by atoms with Crippen molar-refractivity contribution in [2.75, 3.05) is 13.6 Å². The lowest BCUT2D eigenvalue weighted by Crippen LogP contribution is -2.40. The van der Waals surface area contributed by atoms with E-state index in [1.807, 2.05) is 0 Å². The van der Waals surface area contributed by atoms with Gasteiger partial charge in [0, 0.05) is 25.2 Å². The van der Waals surface area contributed by atoms with Crippen LogP contribution in [0.1, 0.15) is 38.3 Å². The molecule has 2 atom stereocenters. The van der Waals surface area contributed by atoms with Crippen molar-refractivity contribution in [1.29, 1.82) is 0 Å². The lowest BCUT2D eigenvalue weighted by atomic mass is 10.1. The van der Waals surface area contributed by atoms with Gasteiger partial charge in [0.15, 0.2) is 0 Å². The summed E-state index contributed by atoms with van der Waals surface area (Å²) in [6, 6.07) is 9.93. The quantitative estimate of drug-likeness (QED) is 0.797. The highest BCUT2D eigenvalue weighted by Crippen LogP contribution is 2.08. The van der Waals surface area contributed by atoms with E-state index < -0.39 is 0 Å². The highest BCUT2D eigenvalue weighted by Gasteiger charge is 2.10. The first kappa shape index (κ1) is 15.2. The third-order valence-corrected chi connectivity index (χ3v) is 3.64. The van der Waals surface area contributed by atoms with E-state index >= 15 is 0 Å². The van der Waals surface area contributed by atoms with E-state index in [9.17, 15) is 0 Å². The molecule has 0 amide bonds. The Labute approximate surface area is 112 Å². The SMILES string of the molecule is CCC(C)NCC(C)N(C)Cc1cccc(C)c1. The van der Waals surface area contributed by atoms with Crippen LogP contribution in [0, 0.1) is 6.92 Å². The summed E-state index contributed by atoms with van der Waals surface area (Å²) in [5.74, 6) is 0. The van der Waals surface area contributed by atoms with Crippen molar-refractivity contribution in [3.05, 3.63) is 35.4 Å². The van der Waals surface area contributed by atoms with Gasteiger partial charge < -0.3 is 5.32 Å². The molecule has 0 saturated heterocycles. The molecule has 0 aliphatic carbocycles. The smallest absolute Gasteiger partial charge is 0.0234 e. The van der Waals surface area contributed by atoms with Crippen LogP contribution in [-0.4, -0.2) is 30.6 Å². The number of nitrogens with one attached hydrogen (secondary N) is 1. The van der Waals surface area contributed by atoms with Crippen molar-refractivity contribution < 1.29 is 0 Å². The molecule has 2 unspecified atom stereocenters. The standard InChI is InChI=1S/C16H28N2/c1-6-14(3)17-11-15(4)18(5)12-16-9-7-8-13(2)10-16/h7-10,14-15,17H,6,11-12H2,1-5H3. The van der Waals surface area contributed by atoms with Gasteiger partial charge in [-0.2, -0.15) is 0 Å². The van der Waals surface area contributed by atoms with Gasteiger partial charge in [0.2, 0.25) is 0 Å². The normalized spacial score (nSPS) is 14.8. The van der Waals surface area contributed by atoms with Crippen molar-refractivity contribution in [2.45, 2.75) is 52.7 Å². The molecule has 0 saturated carbocycles. The van der Waals surface area contributed by atoms with Crippen LogP contribution in [0.15, 0.2) is 24.3 Å². The van der Waals surface area contributed by atoms with Crippen molar-refractivity contribution in [2.24, 2.45) is 0 Å². The van der Waals surface area contributed by atoms with Gasteiger partial charge in [0.1, 0.15) is 0 Å². The highest BCUT2D eigenvalue weighted by molar-refractivity contribution is 5.22. The van der Waals surface area contributed by atoms with Crippen LogP contribution in [-0.2, 0) is 6.54 Å². The average molecular weight is 248 g/mol. The van der Waals surface area contributed by atoms with Crippen LogP contribution in [0.5, 0.6) is 0 Å². The Balaban J connectivity index is 2.42. The predicted molar refractivity (Wildman–Crippen MR) is 79.9 cm³/mol. The molecule has 1 aromatic carbocycles. The summed E-state index contributed by atoms with van der Waals surface area (Å²) < 4.78 is 0. The molecule has 0 aliphatic rings. The first-order valence-corrected chi connectivity index (χ1v) is 7.02. The van der Waals surface area contributed by atoms with E-state index in [1.165, 1.54) is 17.5 Å². The number of benzene rings is 1. The molecule has 0 radical (unpaired) electrons. The molecule has 0 spiro atoms. The Morgan fingerprint density at radius 3 is 2.61 bits per heavy atom. The molecule has 2 nitrogen and oxygen atoms in total. The van der Waals surface area contributed by atoms with Gasteiger partial charge in [-0.3, -0.25) is 4.90 Å². The zero-order valence-electron chi connectivity index (χ0n) is 12.5. The molecular formula is C16H28N2. The van der Waals surface area contributed by atoms with Crippen LogP contribution in [0.3, 0.4) is 0 Å². The van der Waals surface area contributed by atoms with E-state index in [-0.39, 0.29) is 0 Å². The molecule has 1 rings (SSSR count). The summed E-state index contributed by atoms with van der Waals surface area (Å²) in [6.07, 6.45) is 1.19. The Bertz CT molecular complexity index is 349. The number of hydrogen-bond acceptors (Lipinski definition) is 2. The van der Waals surface area contributed by atoms with Gasteiger partial charge in [0.25, 0.3) is 0 Å². The molecular weight excluding hydrogens is 220 g/mol.